The number of hydrogen-bond acceptors (Lipinski definition) is 1. The Hall–Kier alpha value is -1.51. The molecule has 0 aliphatic carbocycles. The number of aromatic amines is 1. The van der Waals surface area contributed by atoms with Crippen molar-refractivity contribution >= 4 is 0 Å². The molecule has 0 spiro atoms. The van der Waals surface area contributed by atoms with Gasteiger partial charge in [-0.15, -0.1) is 0 Å². The Morgan fingerprint density at radius 3 is 2.75 bits per heavy atom. The highest BCUT2D eigenvalue weighted by Gasteiger charge is 1.99. The van der Waals surface area contributed by atoms with E-state index >= 15 is 0 Å². The maximum absolute atomic E-state index is 3.96. The van der Waals surface area contributed by atoms with Crippen molar-refractivity contribution < 1.29 is 0 Å². The number of rotatable bonds is 2. The molecule has 3 heteroatoms. The summed E-state index contributed by atoms with van der Waals surface area (Å²) in [7, 11) is 0. The van der Waals surface area contributed by atoms with Gasteiger partial charge in [-0.3, -0.25) is 5.10 Å². The molecule has 3 nitrogen and oxygen atoms in total. The first-order valence-corrected chi connectivity index (χ1v) is 3.96. The Balaban J connectivity index is 2.20. The first kappa shape index (κ1) is 7.16. The minimum Gasteiger partial charge on any atom is -0.350 e. The van der Waals surface area contributed by atoms with Crippen LogP contribution in [-0.2, 0) is 6.54 Å². The third-order valence-electron chi connectivity index (χ3n) is 1.95. The molecule has 1 N–H and O–H groups in total. The molecule has 2 aromatic rings. The zero-order valence-corrected chi connectivity index (χ0v) is 6.99. The fraction of sp³-hybridized carbons (Fsp3) is 0.222. The van der Waals surface area contributed by atoms with Crippen molar-refractivity contribution in [2.24, 2.45) is 0 Å². The van der Waals surface area contributed by atoms with Crippen LogP contribution in [0.4, 0.5) is 0 Å². The van der Waals surface area contributed by atoms with Crippen molar-refractivity contribution in [3.63, 3.8) is 0 Å². The lowest BCUT2D eigenvalue weighted by Crippen LogP contribution is -1.95. The molecule has 0 unspecified atom stereocenters. The molecule has 12 heavy (non-hydrogen) atoms. The monoisotopic (exact) mass is 161 g/mol. The Labute approximate surface area is 71.0 Å². The van der Waals surface area contributed by atoms with Gasteiger partial charge in [0.1, 0.15) is 0 Å². The molecule has 0 aliphatic heterocycles. The van der Waals surface area contributed by atoms with Crippen LogP contribution in [0, 0.1) is 6.92 Å². The van der Waals surface area contributed by atoms with E-state index in [1.807, 2.05) is 37.6 Å². The molecule has 0 radical (unpaired) electrons. The smallest absolute Gasteiger partial charge is 0.0540 e. The van der Waals surface area contributed by atoms with Gasteiger partial charge in [-0.25, -0.2) is 0 Å². The third kappa shape index (κ3) is 1.25. The molecule has 0 bridgehead atoms. The summed E-state index contributed by atoms with van der Waals surface area (Å²) in [4.78, 5) is 0. The number of aromatic nitrogens is 3. The van der Waals surface area contributed by atoms with E-state index in [2.05, 4.69) is 14.8 Å². The lowest BCUT2D eigenvalue weighted by atomic mass is 10.3. The van der Waals surface area contributed by atoms with Gasteiger partial charge >= 0.3 is 0 Å². The molecule has 0 saturated heterocycles. The molecule has 0 aromatic carbocycles. The first-order chi connectivity index (χ1) is 5.86. The van der Waals surface area contributed by atoms with Crippen LogP contribution in [0.2, 0.25) is 0 Å². The fourth-order valence-electron chi connectivity index (χ4n) is 1.21. The van der Waals surface area contributed by atoms with Gasteiger partial charge in [0.25, 0.3) is 0 Å². The molecule has 0 atom stereocenters. The SMILES string of the molecule is Cc1[nH]ncc1Cn1cccc1. The lowest BCUT2D eigenvalue weighted by Gasteiger charge is -1.99. The topological polar surface area (TPSA) is 33.6 Å². The summed E-state index contributed by atoms with van der Waals surface area (Å²) in [5.41, 5.74) is 2.38. The highest BCUT2D eigenvalue weighted by molar-refractivity contribution is 5.15. The van der Waals surface area contributed by atoms with E-state index < -0.39 is 0 Å². The van der Waals surface area contributed by atoms with Gasteiger partial charge in [-0.1, -0.05) is 0 Å². The van der Waals surface area contributed by atoms with Crippen LogP contribution >= 0.6 is 0 Å². The van der Waals surface area contributed by atoms with Crippen molar-refractivity contribution in [3.05, 3.63) is 42.0 Å². The summed E-state index contributed by atoms with van der Waals surface area (Å²) < 4.78 is 2.12. The van der Waals surface area contributed by atoms with Crippen molar-refractivity contribution in [3.8, 4) is 0 Å². The largest absolute Gasteiger partial charge is 0.350 e. The molecule has 0 fully saturated rings. The van der Waals surface area contributed by atoms with E-state index in [0.717, 1.165) is 12.2 Å². The van der Waals surface area contributed by atoms with Crippen molar-refractivity contribution in [1.82, 2.24) is 14.8 Å². The number of hydrogen-bond donors (Lipinski definition) is 1. The Kier molecular flexibility index (Phi) is 1.70. The maximum Gasteiger partial charge on any atom is 0.0540 e. The van der Waals surface area contributed by atoms with Gasteiger partial charge in [0.15, 0.2) is 0 Å². The van der Waals surface area contributed by atoms with Gasteiger partial charge in [0.05, 0.1) is 12.7 Å². The van der Waals surface area contributed by atoms with Gasteiger partial charge < -0.3 is 4.57 Å². The van der Waals surface area contributed by atoms with Gasteiger partial charge in [-0.2, -0.15) is 5.10 Å². The second kappa shape index (κ2) is 2.85. The average Bonchev–Trinajstić information content (AvgIpc) is 2.65. The molecule has 0 amide bonds. The maximum atomic E-state index is 3.96. The minimum absolute atomic E-state index is 0.898. The summed E-state index contributed by atoms with van der Waals surface area (Å²) >= 11 is 0. The predicted octanol–water partition coefficient (Wildman–Crippen LogP) is 1.57. The van der Waals surface area contributed by atoms with Crippen LogP contribution in [-0.4, -0.2) is 14.8 Å². The van der Waals surface area contributed by atoms with E-state index in [-0.39, 0.29) is 0 Å². The Morgan fingerprint density at radius 1 is 1.42 bits per heavy atom. The zero-order valence-electron chi connectivity index (χ0n) is 6.99. The highest BCUT2D eigenvalue weighted by Crippen LogP contribution is 2.05. The van der Waals surface area contributed by atoms with Crippen LogP contribution in [0.1, 0.15) is 11.3 Å². The number of nitrogens with zero attached hydrogens (tertiary/aromatic N) is 2. The molecule has 0 aliphatic rings. The summed E-state index contributed by atoms with van der Waals surface area (Å²) in [6.45, 7) is 2.93. The third-order valence-corrected chi connectivity index (χ3v) is 1.95. The second-order valence-electron chi connectivity index (χ2n) is 2.88. The van der Waals surface area contributed by atoms with Gasteiger partial charge in [0, 0.05) is 23.7 Å². The molecular weight excluding hydrogens is 150 g/mol. The van der Waals surface area contributed by atoms with Crippen LogP contribution in [0.15, 0.2) is 30.7 Å². The lowest BCUT2D eigenvalue weighted by molar-refractivity contribution is 0.801. The van der Waals surface area contributed by atoms with E-state index in [0.29, 0.717) is 0 Å². The van der Waals surface area contributed by atoms with E-state index in [9.17, 15) is 0 Å². The molecule has 0 saturated carbocycles. The molecule has 2 heterocycles. The zero-order chi connectivity index (χ0) is 8.39. The van der Waals surface area contributed by atoms with Crippen LogP contribution in [0.25, 0.3) is 0 Å². The number of nitrogens with one attached hydrogen (secondary N) is 1. The van der Waals surface area contributed by atoms with E-state index in [1.54, 1.807) is 0 Å². The quantitative estimate of drug-likeness (QED) is 0.712. The number of aryl methyl sites for hydroxylation is 1. The van der Waals surface area contributed by atoms with Crippen LogP contribution in [0.5, 0.6) is 0 Å². The van der Waals surface area contributed by atoms with Crippen molar-refractivity contribution in [2.45, 2.75) is 13.5 Å². The minimum atomic E-state index is 0.898. The summed E-state index contributed by atoms with van der Waals surface area (Å²) in [6, 6.07) is 4.05. The van der Waals surface area contributed by atoms with Crippen LogP contribution in [0.3, 0.4) is 0 Å². The van der Waals surface area contributed by atoms with Crippen LogP contribution < -0.4 is 0 Å². The van der Waals surface area contributed by atoms with Gasteiger partial charge in [-0.05, 0) is 19.1 Å². The summed E-state index contributed by atoms with van der Waals surface area (Å²) in [5, 5.41) is 6.88. The summed E-state index contributed by atoms with van der Waals surface area (Å²) in [6.07, 6.45) is 5.97. The molecule has 2 rings (SSSR count). The molecule has 2 aromatic heterocycles. The molecule has 62 valence electrons. The Bertz CT molecular complexity index is 345. The normalized spacial score (nSPS) is 10.4. The highest BCUT2D eigenvalue weighted by atomic mass is 15.1. The Morgan fingerprint density at radius 2 is 2.17 bits per heavy atom. The average molecular weight is 161 g/mol. The molecular formula is C9H11N3. The first-order valence-electron chi connectivity index (χ1n) is 3.96. The standard InChI is InChI=1S/C9H11N3/c1-8-9(6-10-11-8)7-12-4-2-3-5-12/h2-6H,7H2,1H3,(H,10,11). The number of H-pyrrole nitrogens is 1. The van der Waals surface area contributed by atoms with E-state index in [1.165, 1.54) is 5.56 Å². The summed E-state index contributed by atoms with van der Waals surface area (Å²) in [5.74, 6) is 0. The van der Waals surface area contributed by atoms with Gasteiger partial charge in [0.2, 0.25) is 0 Å². The van der Waals surface area contributed by atoms with E-state index in [4.69, 9.17) is 0 Å². The van der Waals surface area contributed by atoms with Crippen molar-refractivity contribution in [2.75, 3.05) is 0 Å². The van der Waals surface area contributed by atoms with Crippen molar-refractivity contribution in [1.29, 1.82) is 0 Å². The predicted molar refractivity (Wildman–Crippen MR) is 46.9 cm³/mol. The second-order valence-corrected chi connectivity index (χ2v) is 2.88. The fourth-order valence-corrected chi connectivity index (χ4v) is 1.21.